The lowest BCUT2D eigenvalue weighted by molar-refractivity contribution is -0.149. The van der Waals surface area contributed by atoms with E-state index >= 15 is 0 Å². The maximum atomic E-state index is 12.7. The average Bonchev–Trinajstić information content (AvgIpc) is 3.10. The van der Waals surface area contributed by atoms with Crippen LogP contribution in [0.15, 0.2) is 24.3 Å². The van der Waals surface area contributed by atoms with Crippen LogP contribution in [0.4, 0.5) is 0 Å². The minimum Gasteiger partial charge on any atom is -0.480 e. The lowest BCUT2D eigenvalue weighted by Gasteiger charge is -2.26. The van der Waals surface area contributed by atoms with Gasteiger partial charge in [-0.25, -0.2) is 4.79 Å². The van der Waals surface area contributed by atoms with Gasteiger partial charge in [0.25, 0.3) is 11.8 Å². The summed E-state index contributed by atoms with van der Waals surface area (Å²) in [5.41, 5.74) is 0.292. The number of carbonyl (C=O) groups excluding carboxylic acids is 4. The van der Waals surface area contributed by atoms with Gasteiger partial charge in [-0.15, -0.1) is 0 Å². The van der Waals surface area contributed by atoms with Gasteiger partial charge in [-0.05, 0) is 76.8 Å². The molecule has 0 aliphatic heterocycles. The largest absolute Gasteiger partial charge is 0.480 e. The van der Waals surface area contributed by atoms with Gasteiger partial charge in [-0.2, -0.15) is 0 Å². The molecule has 0 spiro atoms. The fourth-order valence-corrected chi connectivity index (χ4v) is 5.16. The number of amides is 4. The van der Waals surface area contributed by atoms with E-state index in [1.807, 2.05) is 42.8 Å². The number of carboxylic acid groups (broad SMARTS) is 1. The van der Waals surface area contributed by atoms with Crippen molar-refractivity contribution >= 4 is 41.3 Å². The lowest BCUT2D eigenvalue weighted by atomic mass is 10.0. The van der Waals surface area contributed by atoms with Crippen molar-refractivity contribution in [3.8, 4) is 0 Å². The molecule has 0 bridgehead atoms. The van der Waals surface area contributed by atoms with Gasteiger partial charge >= 0.3 is 5.97 Å². The first kappa shape index (κ1) is 47.5. The zero-order valence-electron chi connectivity index (χ0n) is 33.5. The van der Waals surface area contributed by atoms with Crippen molar-refractivity contribution in [3.63, 3.8) is 0 Å². The van der Waals surface area contributed by atoms with Gasteiger partial charge in [0.1, 0.15) is 6.04 Å². The average molecular weight is 731 g/mol. The first-order valence-electron chi connectivity index (χ1n) is 18.1. The monoisotopic (exact) mass is 731 g/mol. The summed E-state index contributed by atoms with van der Waals surface area (Å²) >= 11 is 0. The second-order valence-electron chi connectivity index (χ2n) is 13.9. The molecule has 0 saturated heterocycles. The Morgan fingerprint density at radius 2 is 1.17 bits per heavy atom. The fourth-order valence-electron chi connectivity index (χ4n) is 5.16. The summed E-state index contributed by atoms with van der Waals surface area (Å²) in [7, 11) is 8.53. The Balaban J connectivity index is 0.00000116. The van der Waals surface area contributed by atoms with Crippen molar-refractivity contribution in [2.75, 3.05) is 54.9 Å². The van der Waals surface area contributed by atoms with E-state index in [9.17, 15) is 29.1 Å². The SMILES string of the molecule is CCC(C)N(C)C(=O)C[C@H](C)CCCN(C)C(C)=N.CNC(=O)c1ccccc1C(=O)NCC(C(=O)O)N(C)C(=O)C[C@H](C)CCCN(C)C(C)=N. The van der Waals surface area contributed by atoms with Crippen LogP contribution in [0.1, 0.15) is 107 Å². The highest BCUT2D eigenvalue weighted by atomic mass is 16.4. The highest BCUT2D eigenvalue weighted by Gasteiger charge is 2.28. The van der Waals surface area contributed by atoms with Crippen LogP contribution < -0.4 is 10.6 Å². The summed E-state index contributed by atoms with van der Waals surface area (Å²) in [4.78, 5) is 67.8. The van der Waals surface area contributed by atoms with E-state index in [0.29, 0.717) is 36.6 Å². The number of benzene rings is 1. The predicted molar refractivity (Wildman–Crippen MR) is 207 cm³/mol. The van der Waals surface area contributed by atoms with Crippen molar-refractivity contribution in [2.24, 2.45) is 11.8 Å². The third-order valence-corrected chi connectivity index (χ3v) is 9.46. The number of nitrogens with zero attached hydrogens (tertiary/aromatic N) is 4. The maximum Gasteiger partial charge on any atom is 0.328 e. The second-order valence-corrected chi connectivity index (χ2v) is 13.9. The van der Waals surface area contributed by atoms with Gasteiger partial charge in [0.05, 0.1) is 22.8 Å². The Labute approximate surface area is 311 Å². The number of rotatable bonds is 20. The molecule has 4 atom stereocenters. The fraction of sp³-hybridized carbons (Fsp3) is 0.658. The van der Waals surface area contributed by atoms with Crippen molar-refractivity contribution in [3.05, 3.63) is 35.4 Å². The van der Waals surface area contributed by atoms with Crippen LogP contribution >= 0.6 is 0 Å². The van der Waals surface area contributed by atoms with E-state index < -0.39 is 23.8 Å². The number of aliphatic carboxylic acids is 1. The third-order valence-electron chi connectivity index (χ3n) is 9.46. The molecular formula is C38H66N8O6. The molecule has 0 aliphatic carbocycles. The van der Waals surface area contributed by atoms with Crippen molar-refractivity contribution in [1.29, 1.82) is 10.8 Å². The Hall–Kier alpha value is -4.49. The number of amidine groups is 2. The Morgan fingerprint density at radius 1 is 0.750 bits per heavy atom. The number of nitrogens with one attached hydrogen (secondary N) is 4. The molecule has 1 aromatic rings. The number of hydrogen-bond acceptors (Lipinski definition) is 7. The van der Waals surface area contributed by atoms with E-state index in [0.717, 1.165) is 43.5 Å². The highest BCUT2D eigenvalue weighted by Crippen LogP contribution is 2.16. The van der Waals surface area contributed by atoms with Crippen LogP contribution in [-0.4, -0.2) is 133 Å². The van der Waals surface area contributed by atoms with E-state index in [4.69, 9.17) is 10.8 Å². The summed E-state index contributed by atoms with van der Waals surface area (Å²) in [6.45, 7) is 13.1. The Bertz CT molecular complexity index is 1340. The molecular weight excluding hydrogens is 664 g/mol. The molecule has 2 unspecified atom stereocenters. The number of hydrogen-bond donors (Lipinski definition) is 5. The maximum absolute atomic E-state index is 12.7. The summed E-state index contributed by atoms with van der Waals surface area (Å²) in [6.07, 6.45) is 5.47. The first-order chi connectivity index (χ1) is 24.3. The molecule has 1 aromatic carbocycles. The molecule has 0 saturated carbocycles. The van der Waals surface area contributed by atoms with E-state index in [2.05, 4.69) is 31.4 Å². The van der Waals surface area contributed by atoms with Crippen molar-refractivity contribution in [2.45, 2.75) is 98.6 Å². The second kappa shape index (κ2) is 24.7. The smallest absolute Gasteiger partial charge is 0.328 e. The van der Waals surface area contributed by atoms with Crippen molar-refractivity contribution in [1.82, 2.24) is 30.2 Å². The molecule has 0 fully saturated rings. The van der Waals surface area contributed by atoms with E-state index in [1.54, 1.807) is 26.0 Å². The molecule has 4 amide bonds. The van der Waals surface area contributed by atoms with Crippen molar-refractivity contribution < 1.29 is 29.1 Å². The summed E-state index contributed by atoms with van der Waals surface area (Å²) in [6, 6.07) is 5.29. The quantitative estimate of drug-likeness (QED) is 0.0964. The van der Waals surface area contributed by atoms with E-state index in [-0.39, 0.29) is 41.8 Å². The van der Waals surface area contributed by atoms with Crippen LogP contribution in [0.2, 0.25) is 0 Å². The molecule has 0 aliphatic rings. The summed E-state index contributed by atoms with van der Waals surface area (Å²) < 4.78 is 0. The molecule has 1 rings (SSSR count). The zero-order valence-corrected chi connectivity index (χ0v) is 33.5. The minimum atomic E-state index is -1.24. The number of carbonyl (C=O) groups is 5. The van der Waals surface area contributed by atoms with Crippen LogP contribution in [0, 0.1) is 22.7 Å². The molecule has 14 nitrogen and oxygen atoms in total. The van der Waals surface area contributed by atoms with E-state index in [1.165, 1.54) is 26.2 Å². The van der Waals surface area contributed by atoms with Gasteiger partial charge < -0.3 is 35.3 Å². The zero-order chi connectivity index (χ0) is 40.1. The Kier molecular flexibility index (Phi) is 22.5. The van der Waals surface area contributed by atoms with Gasteiger partial charge in [-0.1, -0.05) is 32.9 Å². The van der Waals surface area contributed by atoms with Gasteiger partial charge in [-0.3, -0.25) is 30.0 Å². The molecule has 14 heteroatoms. The number of carboxylic acids is 1. The first-order valence-corrected chi connectivity index (χ1v) is 18.1. The normalized spacial score (nSPS) is 12.8. The summed E-state index contributed by atoms with van der Waals surface area (Å²) in [5, 5.41) is 29.7. The molecule has 0 heterocycles. The van der Waals surface area contributed by atoms with Gasteiger partial charge in [0.2, 0.25) is 11.8 Å². The standard InChI is InChI=1S/C23H35N5O5.C15H31N3O/c1-15(9-8-12-27(4)16(2)24)13-20(29)28(5)19(23(32)33)14-26-22(31)18-11-7-6-10-17(18)21(30)25-3;1-7-13(3)18(6)15(19)11-12(2)9-8-10-17(5)14(4)16/h6-7,10-11,15,19,24H,8-9,12-14H2,1-5H3,(H,25,30)(H,26,31)(H,32,33);12-13,16H,7-11H2,1-6H3/t15-,19?;12-,13?/m11/s1. The lowest BCUT2D eigenvalue weighted by Crippen LogP contribution is -2.49. The summed E-state index contributed by atoms with van der Waals surface area (Å²) in [5.74, 6) is -0.810. The molecule has 5 N–H and O–H groups in total. The molecule has 0 aromatic heterocycles. The topological polar surface area (TPSA) is 190 Å². The molecule has 52 heavy (non-hydrogen) atoms. The van der Waals surface area contributed by atoms with Gasteiger partial charge in [0, 0.05) is 73.8 Å². The predicted octanol–water partition coefficient (Wildman–Crippen LogP) is 4.40. The van der Waals surface area contributed by atoms with Crippen LogP contribution in [-0.2, 0) is 14.4 Å². The van der Waals surface area contributed by atoms with Crippen LogP contribution in [0.25, 0.3) is 0 Å². The minimum absolute atomic E-state index is 0.0443. The third kappa shape index (κ3) is 17.6. The van der Waals surface area contributed by atoms with Gasteiger partial charge in [0.15, 0.2) is 0 Å². The molecule has 294 valence electrons. The number of likely N-dealkylation sites (N-methyl/N-ethyl adjacent to an activating group) is 1. The Morgan fingerprint density at radius 3 is 1.56 bits per heavy atom. The highest BCUT2D eigenvalue weighted by molar-refractivity contribution is 6.07. The molecule has 0 radical (unpaired) electrons. The van der Waals surface area contributed by atoms with Crippen LogP contribution in [0.5, 0.6) is 0 Å². The van der Waals surface area contributed by atoms with Crippen LogP contribution in [0.3, 0.4) is 0 Å².